The zero-order valence-electron chi connectivity index (χ0n) is 17.6. The van der Waals surface area contributed by atoms with E-state index in [1.54, 1.807) is 12.1 Å². The van der Waals surface area contributed by atoms with Crippen LogP contribution < -0.4 is 9.88 Å². The van der Waals surface area contributed by atoms with Crippen molar-refractivity contribution < 1.29 is 14.1 Å². The molecule has 0 saturated carbocycles. The Kier molecular flexibility index (Phi) is 5.37. The standard InChI is InChI=1S/C27H20FN3OS/c28-22-12-10-19(11-13-22)24-23(16-29)26(33)30-27(32,21-8-2-1-3-9-21)25(24)31-15-14-18-6-4-5-7-20(18)17-31/h1-15,17,24-25,30,32H/p+1/t24-,25+,27+/m0/s1. The monoisotopic (exact) mass is 454 g/mol. The maximum atomic E-state index is 13.8. The van der Waals surface area contributed by atoms with Crippen molar-refractivity contribution in [3.8, 4) is 6.07 Å². The average molecular weight is 455 g/mol. The van der Waals surface area contributed by atoms with Gasteiger partial charge in [-0.2, -0.15) is 9.83 Å². The zero-order valence-corrected chi connectivity index (χ0v) is 18.5. The quantitative estimate of drug-likeness (QED) is 0.311. The van der Waals surface area contributed by atoms with Gasteiger partial charge in [0.15, 0.2) is 12.4 Å². The Hall–Kier alpha value is -3.66. The van der Waals surface area contributed by atoms with Gasteiger partial charge in [0, 0.05) is 17.0 Å². The van der Waals surface area contributed by atoms with Crippen LogP contribution in [-0.4, -0.2) is 5.11 Å². The molecule has 4 aromatic rings. The van der Waals surface area contributed by atoms with Crippen molar-refractivity contribution in [3.05, 3.63) is 125 Å². The number of fused-ring (bicyclic) bond motifs is 1. The van der Waals surface area contributed by atoms with Gasteiger partial charge in [-0.25, -0.2) is 4.39 Å². The highest BCUT2D eigenvalue weighted by molar-refractivity contribution is 7.84. The van der Waals surface area contributed by atoms with E-state index in [9.17, 15) is 14.8 Å². The second kappa shape index (κ2) is 8.36. The predicted molar refractivity (Wildman–Crippen MR) is 127 cm³/mol. The van der Waals surface area contributed by atoms with E-state index in [4.69, 9.17) is 0 Å². The third-order valence-corrected chi connectivity index (χ3v) is 6.57. The molecule has 0 unspecified atom stereocenters. The lowest BCUT2D eigenvalue weighted by atomic mass is 9.75. The lowest BCUT2D eigenvalue weighted by Gasteiger charge is -2.42. The average Bonchev–Trinajstić information content (AvgIpc) is 2.84. The molecule has 3 atom stereocenters. The Morgan fingerprint density at radius 2 is 1.61 bits per heavy atom. The molecule has 0 aliphatic carbocycles. The summed E-state index contributed by atoms with van der Waals surface area (Å²) in [6.07, 6.45) is 3.86. The Labute approximate surface area is 196 Å². The van der Waals surface area contributed by atoms with E-state index in [0.29, 0.717) is 16.7 Å². The SMILES string of the molecule is N#CC1=C(S)N[C@@](O)(c2ccccc2)[C@H]([n+]2ccc3ccccc3c2)[C@H]1c1ccc(F)cc1. The molecule has 1 aromatic heterocycles. The Morgan fingerprint density at radius 1 is 0.939 bits per heavy atom. The van der Waals surface area contributed by atoms with Crippen molar-refractivity contribution in [1.82, 2.24) is 5.32 Å². The highest BCUT2D eigenvalue weighted by Crippen LogP contribution is 2.47. The molecule has 162 valence electrons. The third-order valence-electron chi connectivity index (χ3n) is 6.21. The number of nitrogens with zero attached hydrogens (tertiary/aromatic N) is 2. The third kappa shape index (κ3) is 3.66. The van der Waals surface area contributed by atoms with Crippen molar-refractivity contribution in [2.24, 2.45) is 0 Å². The van der Waals surface area contributed by atoms with E-state index in [2.05, 4.69) is 24.0 Å². The summed E-state index contributed by atoms with van der Waals surface area (Å²) in [5.74, 6) is -0.949. The first-order chi connectivity index (χ1) is 16.0. The number of benzene rings is 3. The number of aliphatic hydroxyl groups is 1. The van der Waals surface area contributed by atoms with Gasteiger partial charge >= 0.3 is 0 Å². The summed E-state index contributed by atoms with van der Waals surface area (Å²) in [7, 11) is 0. The van der Waals surface area contributed by atoms with E-state index < -0.39 is 17.7 Å². The molecule has 4 nitrogen and oxygen atoms in total. The summed E-state index contributed by atoms with van der Waals surface area (Å²) < 4.78 is 15.7. The number of hydrogen-bond donors (Lipinski definition) is 3. The largest absolute Gasteiger partial charge is 0.362 e. The highest BCUT2D eigenvalue weighted by Gasteiger charge is 2.55. The summed E-state index contributed by atoms with van der Waals surface area (Å²) in [5.41, 5.74) is 0.119. The molecular formula is C27H21FN3OS+. The van der Waals surface area contributed by atoms with Crippen LogP contribution in [-0.2, 0) is 5.72 Å². The molecule has 6 heteroatoms. The minimum absolute atomic E-state index is 0.288. The molecule has 0 fully saturated rings. The number of nitriles is 1. The fourth-order valence-electron chi connectivity index (χ4n) is 4.66. The molecule has 33 heavy (non-hydrogen) atoms. The summed E-state index contributed by atoms with van der Waals surface area (Å²) in [5, 5.41) is 27.7. The van der Waals surface area contributed by atoms with E-state index in [-0.39, 0.29) is 10.8 Å². The van der Waals surface area contributed by atoms with Crippen molar-refractivity contribution in [2.45, 2.75) is 17.7 Å². The Bertz CT molecular complexity index is 1400. The summed E-state index contributed by atoms with van der Waals surface area (Å²) in [6.45, 7) is 0. The molecule has 2 N–H and O–H groups in total. The number of aromatic nitrogens is 1. The molecule has 0 bridgehead atoms. The van der Waals surface area contributed by atoms with Gasteiger partial charge in [-0.15, -0.1) is 12.6 Å². The molecule has 0 amide bonds. The van der Waals surface area contributed by atoms with Crippen LogP contribution in [0.25, 0.3) is 10.8 Å². The molecule has 5 rings (SSSR count). The minimum atomic E-state index is -1.59. The fraction of sp³-hybridized carbons (Fsp3) is 0.111. The fourth-order valence-corrected chi connectivity index (χ4v) is 5.02. The van der Waals surface area contributed by atoms with E-state index >= 15 is 0 Å². The summed E-state index contributed by atoms with van der Waals surface area (Å²) in [4.78, 5) is 0. The van der Waals surface area contributed by atoms with Gasteiger partial charge in [0.25, 0.3) is 0 Å². The van der Waals surface area contributed by atoms with Crippen LogP contribution in [0.2, 0.25) is 0 Å². The van der Waals surface area contributed by atoms with Crippen LogP contribution in [0.15, 0.2) is 108 Å². The van der Waals surface area contributed by atoms with Crippen molar-refractivity contribution in [2.75, 3.05) is 0 Å². The highest BCUT2D eigenvalue weighted by atomic mass is 32.1. The molecule has 0 spiro atoms. The molecule has 0 radical (unpaired) electrons. The lowest BCUT2D eigenvalue weighted by Crippen LogP contribution is -2.62. The normalized spacial score (nSPS) is 22.6. The van der Waals surface area contributed by atoms with E-state index in [1.807, 2.05) is 77.6 Å². The molecular weight excluding hydrogens is 433 g/mol. The van der Waals surface area contributed by atoms with Gasteiger partial charge in [-0.05, 0) is 29.1 Å². The zero-order chi connectivity index (χ0) is 23.0. The molecule has 1 aliphatic heterocycles. The van der Waals surface area contributed by atoms with Crippen LogP contribution in [0.5, 0.6) is 0 Å². The molecule has 2 heterocycles. The number of nitrogens with one attached hydrogen (secondary N) is 1. The minimum Gasteiger partial charge on any atom is -0.362 e. The van der Waals surface area contributed by atoms with Gasteiger partial charge < -0.3 is 10.4 Å². The van der Waals surface area contributed by atoms with Gasteiger partial charge in [0.2, 0.25) is 11.8 Å². The van der Waals surface area contributed by atoms with Gasteiger partial charge in [0.1, 0.15) is 5.82 Å². The van der Waals surface area contributed by atoms with Crippen molar-refractivity contribution in [1.29, 1.82) is 5.26 Å². The molecule has 1 aliphatic rings. The number of rotatable bonds is 3. The first-order valence-electron chi connectivity index (χ1n) is 10.6. The van der Waals surface area contributed by atoms with Crippen molar-refractivity contribution in [3.63, 3.8) is 0 Å². The van der Waals surface area contributed by atoms with Crippen LogP contribution >= 0.6 is 12.6 Å². The number of halogens is 1. The summed E-state index contributed by atoms with van der Waals surface area (Å²) >= 11 is 4.54. The maximum absolute atomic E-state index is 13.8. The first kappa shape index (κ1) is 21.2. The number of allylic oxidation sites excluding steroid dienone is 1. The van der Waals surface area contributed by atoms with E-state index in [1.165, 1.54) is 12.1 Å². The lowest BCUT2D eigenvalue weighted by molar-refractivity contribution is -0.742. The van der Waals surface area contributed by atoms with Crippen LogP contribution in [0.4, 0.5) is 4.39 Å². The Morgan fingerprint density at radius 3 is 2.30 bits per heavy atom. The first-order valence-corrected chi connectivity index (χ1v) is 11.0. The predicted octanol–water partition coefficient (Wildman–Crippen LogP) is 4.70. The topological polar surface area (TPSA) is 59.9 Å². The molecule has 3 aromatic carbocycles. The number of thiol groups is 1. The maximum Gasteiger partial charge on any atom is 0.227 e. The number of pyridine rings is 1. The van der Waals surface area contributed by atoms with E-state index in [0.717, 1.165) is 10.8 Å². The smallest absolute Gasteiger partial charge is 0.227 e. The van der Waals surface area contributed by atoms with Gasteiger partial charge in [-0.1, -0.05) is 60.7 Å². The van der Waals surface area contributed by atoms with Crippen LogP contribution in [0.1, 0.15) is 23.1 Å². The van der Waals surface area contributed by atoms with Gasteiger partial charge in [0.05, 0.1) is 22.6 Å². The Balaban J connectivity index is 1.80. The number of hydrogen-bond acceptors (Lipinski definition) is 4. The molecule has 0 saturated heterocycles. The van der Waals surface area contributed by atoms with Crippen LogP contribution in [0, 0.1) is 17.1 Å². The summed E-state index contributed by atoms with van der Waals surface area (Å²) in [6, 6.07) is 26.8. The van der Waals surface area contributed by atoms with Gasteiger partial charge in [-0.3, -0.25) is 0 Å². The van der Waals surface area contributed by atoms with Crippen LogP contribution in [0.3, 0.4) is 0 Å². The van der Waals surface area contributed by atoms with Crippen molar-refractivity contribution >= 4 is 23.4 Å². The second-order valence-electron chi connectivity index (χ2n) is 8.13. The second-order valence-corrected chi connectivity index (χ2v) is 8.57.